The van der Waals surface area contributed by atoms with Gasteiger partial charge in [0.15, 0.2) is 0 Å². The number of carbonyl (C=O) groups is 1. The number of aryl methyl sites for hydroxylation is 1. The molecule has 0 aliphatic carbocycles. The molecule has 1 heterocycles. The zero-order chi connectivity index (χ0) is 16.4. The van der Waals surface area contributed by atoms with E-state index in [9.17, 15) is 4.79 Å². The highest BCUT2D eigenvalue weighted by Crippen LogP contribution is 2.37. The lowest BCUT2D eigenvalue weighted by atomic mass is 9.95. The standard InChI is InChI=1S/C19H21BrN2O/c1-3-10-22-12-18(23)21-17-9-8-15(20)11-16(17)19(22)14-6-4-13(2)5-7-14/h4-9,11,19H,3,10,12H2,1-2H3,(H,21,23). The maximum atomic E-state index is 12.3. The lowest BCUT2D eigenvalue weighted by Gasteiger charge is -2.30. The lowest BCUT2D eigenvalue weighted by molar-refractivity contribution is -0.117. The van der Waals surface area contributed by atoms with Crippen molar-refractivity contribution in [3.63, 3.8) is 0 Å². The summed E-state index contributed by atoms with van der Waals surface area (Å²) in [5.74, 6) is 0.0524. The Morgan fingerprint density at radius 2 is 1.96 bits per heavy atom. The summed E-state index contributed by atoms with van der Waals surface area (Å²) >= 11 is 3.57. The number of hydrogen-bond acceptors (Lipinski definition) is 2. The number of nitrogens with zero attached hydrogens (tertiary/aromatic N) is 1. The van der Waals surface area contributed by atoms with Gasteiger partial charge in [0.2, 0.25) is 5.91 Å². The molecule has 4 heteroatoms. The molecular formula is C19H21BrN2O. The summed E-state index contributed by atoms with van der Waals surface area (Å²) in [5.41, 5.74) is 4.51. The zero-order valence-corrected chi connectivity index (χ0v) is 15.1. The van der Waals surface area contributed by atoms with E-state index in [1.54, 1.807) is 0 Å². The minimum Gasteiger partial charge on any atom is -0.325 e. The Bertz CT molecular complexity index is 712. The van der Waals surface area contributed by atoms with E-state index < -0.39 is 0 Å². The van der Waals surface area contributed by atoms with Gasteiger partial charge in [-0.1, -0.05) is 52.7 Å². The van der Waals surface area contributed by atoms with Crippen LogP contribution in [0, 0.1) is 6.92 Å². The van der Waals surface area contributed by atoms with Crippen molar-refractivity contribution < 1.29 is 4.79 Å². The van der Waals surface area contributed by atoms with Gasteiger partial charge in [0.05, 0.1) is 12.6 Å². The molecule has 1 unspecified atom stereocenters. The first-order valence-corrected chi connectivity index (χ1v) is 8.77. The highest BCUT2D eigenvalue weighted by Gasteiger charge is 2.29. The van der Waals surface area contributed by atoms with Crippen molar-refractivity contribution in [2.75, 3.05) is 18.4 Å². The highest BCUT2D eigenvalue weighted by atomic mass is 79.9. The molecule has 1 N–H and O–H groups in total. The van der Waals surface area contributed by atoms with Crippen LogP contribution in [0.15, 0.2) is 46.9 Å². The third-order valence-corrected chi connectivity index (χ3v) is 4.69. The van der Waals surface area contributed by atoms with Crippen molar-refractivity contribution >= 4 is 27.5 Å². The number of amides is 1. The minimum atomic E-state index is 0.0524. The van der Waals surface area contributed by atoms with Crippen LogP contribution in [0.1, 0.15) is 36.1 Å². The van der Waals surface area contributed by atoms with Gasteiger partial charge in [-0.15, -0.1) is 0 Å². The predicted molar refractivity (Wildman–Crippen MR) is 97.7 cm³/mol. The van der Waals surface area contributed by atoms with Gasteiger partial charge in [-0.2, -0.15) is 0 Å². The number of hydrogen-bond donors (Lipinski definition) is 1. The van der Waals surface area contributed by atoms with E-state index in [0.717, 1.165) is 28.7 Å². The Labute approximate surface area is 145 Å². The van der Waals surface area contributed by atoms with Gasteiger partial charge in [-0.3, -0.25) is 9.69 Å². The van der Waals surface area contributed by atoms with Crippen LogP contribution < -0.4 is 5.32 Å². The van der Waals surface area contributed by atoms with Crippen LogP contribution in [-0.4, -0.2) is 23.9 Å². The van der Waals surface area contributed by atoms with Gasteiger partial charge in [-0.25, -0.2) is 0 Å². The van der Waals surface area contributed by atoms with Crippen LogP contribution in [0.25, 0.3) is 0 Å². The second kappa shape index (κ2) is 6.85. The summed E-state index contributed by atoms with van der Waals surface area (Å²) in [7, 11) is 0. The van der Waals surface area contributed by atoms with E-state index >= 15 is 0 Å². The molecule has 0 aromatic heterocycles. The Kier molecular flexibility index (Phi) is 4.83. The van der Waals surface area contributed by atoms with E-state index in [4.69, 9.17) is 0 Å². The van der Waals surface area contributed by atoms with Crippen LogP contribution in [0.3, 0.4) is 0 Å². The molecule has 1 aliphatic heterocycles. The quantitative estimate of drug-likeness (QED) is 0.859. The molecule has 2 aromatic rings. The third-order valence-electron chi connectivity index (χ3n) is 4.20. The predicted octanol–water partition coefficient (Wildman–Crippen LogP) is 4.51. The first kappa shape index (κ1) is 16.2. The average molecular weight is 373 g/mol. The molecule has 2 aromatic carbocycles. The number of fused-ring (bicyclic) bond motifs is 1. The van der Waals surface area contributed by atoms with E-state index in [-0.39, 0.29) is 11.9 Å². The first-order chi connectivity index (χ1) is 11.1. The summed E-state index contributed by atoms with van der Waals surface area (Å²) in [5, 5.41) is 3.05. The highest BCUT2D eigenvalue weighted by molar-refractivity contribution is 9.10. The van der Waals surface area contributed by atoms with Crippen molar-refractivity contribution in [3.8, 4) is 0 Å². The summed E-state index contributed by atoms with van der Waals surface area (Å²) < 4.78 is 1.03. The first-order valence-electron chi connectivity index (χ1n) is 7.98. The average Bonchev–Trinajstić information content (AvgIpc) is 2.64. The van der Waals surface area contributed by atoms with Crippen molar-refractivity contribution in [1.82, 2.24) is 4.90 Å². The summed E-state index contributed by atoms with van der Waals surface area (Å²) in [6.45, 7) is 5.55. The number of carbonyl (C=O) groups excluding carboxylic acids is 1. The molecule has 1 amide bonds. The smallest absolute Gasteiger partial charge is 0.238 e. The minimum absolute atomic E-state index is 0.0524. The SMILES string of the molecule is CCCN1CC(=O)Nc2ccc(Br)cc2C1c1ccc(C)cc1. The summed E-state index contributed by atoms with van der Waals surface area (Å²) in [6.07, 6.45) is 1.01. The molecule has 1 aliphatic rings. The number of anilines is 1. The van der Waals surface area contributed by atoms with Crippen LogP contribution in [-0.2, 0) is 4.79 Å². The van der Waals surface area contributed by atoms with Crippen molar-refractivity contribution in [2.45, 2.75) is 26.3 Å². The van der Waals surface area contributed by atoms with Gasteiger partial charge in [0.25, 0.3) is 0 Å². The van der Waals surface area contributed by atoms with E-state index in [0.29, 0.717) is 6.54 Å². The number of rotatable bonds is 3. The molecule has 0 radical (unpaired) electrons. The molecule has 0 saturated carbocycles. The van der Waals surface area contributed by atoms with E-state index in [1.807, 2.05) is 12.1 Å². The molecule has 0 spiro atoms. The zero-order valence-electron chi connectivity index (χ0n) is 13.5. The molecule has 3 rings (SSSR count). The largest absolute Gasteiger partial charge is 0.325 e. The van der Waals surface area contributed by atoms with Crippen molar-refractivity contribution in [3.05, 3.63) is 63.6 Å². The molecule has 23 heavy (non-hydrogen) atoms. The van der Waals surface area contributed by atoms with Gasteiger partial charge in [0, 0.05) is 10.2 Å². The molecule has 3 nitrogen and oxygen atoms in total. The lowest BCUT2D eigenvalue weighted by Crippen LogP contribution is -2.34. The van der Waals surface area contributed by atoms with Gasteiger partial charge in [0.1, 0.15) is 0 Å². The molecule has 1 atom stereocenters. The fourth-order valence-corrected chi connectivity index (χ4v) is 3.55. The maximum absolute atomic E-state index is 12.3. The fourth-order valence-electron chi connectivity index (χ4n) is 3.17. The van der Waals surface area contributed by atoms with Crippen LogP contribution >= 0.6 is 15.9 Å². The molecule has 0 saturated heterocycles. The summed E-state index contributed by atoms with van der Waals surface area (Å²) in [6, 6.07) is 14.8. The Morgan fingerprint density at radius 1 is 1.22 bits per heavy atom. The molecule has 120 valence electrons. The van der Waals surface area contributed by atoms with Crippen molar-refractivity contribution in [1.29, 1.82) is 0 Å². The topological polar surface area (TPSA) is 32.3 Å². The number of nitrogens with one attached hydrogen (secondary N) is 1. The number of benzene rings is 2. The van der Waals surface area contributed by atoms with Crippen LogP contribution in [0.5, 0.6) is 0 Å². The molecule has 0 fully saturated rings. The second-order valence-corrected chi connectivity index (χ2v) is 6.98. The normalized spacial score (nSPS) is 18.2. The Hall–Kier alpha value is -1.65. The fraction of sp³-hybridized carbons (Fsp3) is 0.316. The molecule has 0 bridgehead atoms. The van der Waals surface area contributed by atoms with Crippen LogP contribution in [0.4, 0.5) is 5.69 Å². The van der Waals surface area contributed by atoms with Gasteiger partial charge < -0.3 is 5.32 Å². The van der Waals surface area contributed by atoms with E-state index in [2.05, 4.69) is 70.3 Å². The maximum Gasteiger partial charge on any atom is 0.238 e. The monoisotopic (exact) mass is 372 g/mol. The van der Waals surface area contributed by atoms with Crippen LogP contribution in [0.2, 0.25) is 0 Å². The van der Waals surface area contributed by atoms with Gasteiger partial charge in [-0.05, 0) is 49.2 Å². The Balaban J connectivity index is 2.15. The second-order valence-electron chi connectivity index (χ2n) is 6.06. The third kappa shape index (κ3) is 3.48. The molecular weight excluding hydrogens is 352 g/mol. The van der Waals surface area contributed by atoms with Crippen molar-refractivity contribution in [2.24, 2.45) is 0 Å². The van der Waals surface area contributed by atoms with E-state index in [1.165, 1.54) is 11.1 Å². The summed E-state index contributed by atoms with van der Waals surface area (Å²) in [4.78, 5) is 14.5. The van der Waals surface area contributed by atoms with Gasteiger partial charge >= 0.3 is 0 Å². The Morgan fingerprint density at radius 3 is 2.65 bits per heavy atom. The number of halogens is 1.